The van der Waals surface area contributed by atoms with E-state index in [1.165, 1.54) is 16.0 Å². The molecule has 0 saturated carbocycles. The maximum Gasteiger partial charge on any atom is 0.251 e. The molecule has 2 aliphatic heterocycles. The number of carbonyl (C=O) groups excluding carboxylic acids is 2. The molecule has 2 aliphatic rings. The standard InChI is InChI=1S/C27H25ClIN3O2/c28-21-8-6-20(7-9-21)26(19-4-2-1-3-5-19)31-16-14-30(15-17-31)24-18-25(33)32(27(24)34)23-12-10-22(29)11-13-23/h1-13,24,26H,14-18H2/t24-,26-/m1/s1. The van der Waals surface area contributed by atoms with Crippen molar-refractivity contribution in [3.05, 3.63) is 98.6 Å². The first-order valence-electron chi connectivity index (χ1n) is 11.4. The molecule has 0 spiro atoms. The van der Waals surface area contributed by atoms with Crippen molar-refractivity contribution >= 4 is 51.7 Å². The van der Waals surface area contributed by atoms with E-state index in [2.05, 4.69) is 68.8 Å². The summed E-state index contributed by atoms with van der Waals surface area (Å²) in [5, 5.41) is 0.725. The highest BCUT2D eigenvalue weighted by Crippen LogP contribution is 2.32. The zero-order chi connectivity index (χ0) is 23.7. The quantitative estimate of drug-likeness (QED) is 0.313. The summed E-state index contributed by atoms with van der Waals surface area (Å²) in [5.74, 6) is -0.237. The van der Waals surface area contributed by atoms with Gasteiger partial charge in [-0.3, -0.25) is 19.4 Å². The Morgan fingerprint density at radius 3 is 2.06 bits per heavy atom. The van der Waals surface area contributed by atoms with Crippen molar-refractivity contribution in [2.45, 2.75) is 18.5 Å². The summed E-state index contributed by atoms with van der Waals surface area (Å²) in [5.41, 5.74) is 3.08. The lowest BCUT2D eigenvalue weighted by atomic mass is 9.96. The number of hydrogen-bond donors (Lipinski definition) is 0. The first-order chi connectivity index (χ1) is 16.5. The summed E-state index contributed by atoms with van der Waals surface area (Å²) in [6.45, 7) is 3.09. The van der Waals surface area contributed by atoms with E-state index < -0.39 is 0 Å². The molecule has 3 aromatic rings. The highest BCUT2D eigenvalue weighted by Gasteiger charge is 2.43. The SMILES string of the molecule is O=C1C[C@@H](N2CCN([C@H](c3ccccc3)c3ccc(Cl)cc3)CC2)C(=O)N1c1ccc(I)cc1. The van der Waals surface area contributed by atoms with Gasteiger partial charge in [0.05, 0.1) is 24.2 Å². The van der Waals surface area contributed by atoms with Gasteiger partial charge >= 0.3 is 0 Å². The highest BCUT2D eigenvalue weighted by molar-refractivity contribution is 14.1. The van der Waals surface area contributed by atoms with Crippen LogP contribution in [-0.2, 0) is 9.59 Å². The van der Waals surface area contributed by atoms with E-state index in [1.54, 1.807) is 0 Å². The molecule has 174 valence electrons. The van der Waals surface area contributed by atoms with Crippen LogP contribution < -0.4 is 4.90 Å². The Bertz CT molecular complexity index is 1160. The second-order valence-corrected chi connectivity index (χ2v) is 10.4. The smallest absolute Gasteiger partial charge is 0.251 e. The number of imide groups is 1. The van der Waals surface area contributed by atoms with E-state index in [1.807, 2.05) is 42.5 Å². The van der Waals surface area contributed by atoms with E-state index in [0.29, 0.717) is 5.69 Å². The maximum atomic E-state index is 13.2. The van der Waals surface area contributed by atoms with Gasteiger partial charge in [-0.15, -0.1) is 0 Å². The van der Waals surface area contributed by atoms with Crippen molar-refractivity contribution in [1.29, 1.82) is 0 Å². The van der Waals surface area contributed by atoms with Crippen LogP contribution >= 0.6 is 34.2 Å². The van der Waals surface area contributed by atoms with Crippen LogP contribution in [-0.4, -0.2) is 53.8 Å². The molecule has 0 unspecified atom stereocenters. The fourth-order valence-corrected chi connectivity index (χ4v) is 5.45. The lowest BCUT2D eigenvalue weighted by molar-refractivity contribution is -0.123. The van der Waals surface area contributed by atoms with Crippen molar-refractivity contribution in [1.82, 2.24) is 9.80 Å². The number of piperazine rings is 1. The molecule has 2 amide bonds. The first-order valence-corrected chi connectivity index (χ1v) is 12.9. The molecule has 0 aromatic heterocycles. The van der Waals surface area contributed by atoms with Crippen LogP contribution in [0.3, 0.4) is 0 Å². The summed E-state index contributed by atoms with van der Waals surface area (Å²) in [4.78, 5) is 32.0. The second-order valence-electron chi connectivity index (χ2n) is 8.70. The van der Waals surface area contributed by atoms with Crippen molar-refractivity contribution < 1.29 is 9.59 Å². The zero-order valence-electron chi connectivity index (χ0n) is 18.6. The monoisotopic (exact) mass is 585 g/mol. The predicted molar refractivity (Wildman–Crippen MR) is 143 cm³/mol. The largest absolute Gasteiger partial charge is 0.290 e. The van der Waals surface area contributed by atoms with E-state index in [0.717, 1.165) is 34.8 Å². The predicted octanol–water partition coefficient (Wildman–Crippen LogP) is 4.98. The summed E-state index contributed by atoms with van der Waals surface area (Å²) in [6.07, 6.45) is 0.240. The molecule has 2 saturated heterocycles. The number of nitrogens with zero attached hydrogens (tertiary/aromatic N) is 3. The van der Waals surface area contributed by atoms with Gasteiger partial charge < -0.3 is 0 Å². The Hall–Kier alpha value is -2.26. The molecule has 3 aromatic carbocycles. The van der Waals surface area contributed by atoms with Crippen molar-refractivity contribution in [2.75, 3.05) is 31.1 Å². The van der Waals surface area contributed by atoms with Crippen molar-refractivity contribution in [3.63, 3.8) is 0 Å². The third-order valence-electron chi connectivity index (χ3n) is 6.66. The van der Waals surface area contributed by atoms with Crippen molar-refractivity contribution in [3.8, 4) is 0 Å². The maximum absolute atomic E-state index is 13.2. The lowest BCUT2D eigenvalue weighted by Gasteiger charge is -2.41. The van der Waals surface area contributed by atoms with Gasteiger partial charge in [-0.25, -0.2) is 4.90 Å². The highest BCUT2D eigenvalue weighted by atomic mass is 127. The molecule has 0 N–H and O–H groups in total. The molecular weight excluding hydrogens is 561 g/mol. The summed E-state index contributed by atoms with van der Waals surface area (Å²) < 4.78 is 1.07. The van der Waals surface area contributed by atoms with Gasteiger partial charge in [0.1, 0.15) is 0 Å². The number of halogens is 2. The fraction of sp³-hybridized carbons (Fsp3) is 0.259. The second kappa shape index (κ2) is 10.2. The van der Waals surface area contributed by atoms with Gasteiger partial charge in [0, 0.05) is 34.8 Å². The average molecular weight is 586 g/mol. The molecule has 0 radical (unpaired) electrons. The molecule has 2 atom stereocenters. The number of rotatable bonds is 5. The molecular formula is C27H25ClIN3O2. The molecule has 34 heavy (non-hydrogen) atoms. The topological polar surface area (TPSA) is 43.9 Å². The third-order valence-corrected chi connectivity index (χ3v) is 7.63. The van der Waals surface area contributed by atoms with E-state index >= 15 is 0 Å². The minimum absolute atomic E-state index is 0.114. The van der Waals surface area contributed by atoms with Gasteiger partial charge in [0.25, 0.3) is 5.91 Å². The summed E-state index contributed by atoms with van der Waals surface area (Å²) in [7, 11) is 0. The minimum atomic E-state index is -0.389. The number of anilines is 1. The molecule has 5 rings (SSSR count). The number of carbonyl (C=O) groups is 2. The normalized spacial score (nSPS) is 20.6. The molecule has 0 aliphatic carbocycles. The fourth-order valence-electron chi connectivity index (χ4n) is 4.96. The van der Waals surface area contributed by atoms with E-state index in [4.69, 9.17) is 11.6 Å². The van der Waals surface area contributed by atoms with Gasteiger partial charge in [-0.2, -0.15) is 0 Å². The third kappa shape index (κ3) is 4.77. The zero-order valence-corrected chi connectivity index (χ0v) is 21.5. The average Bonchev–Trinajstić information content (AvgIpc) is 3.16. The van der Waals surface area contributed by atoms with Crippen LogP contribution in [0, 0.1) is 3.57 Å². The molecule has 0 bridgehead atoms. The van der Waals surface area contributed by atoms with Gasteiger partial charge in [0.15, 0.2) is 0 Å². The molecule has 2 fully saturated rings. The van der Waals surface area contributed by atoms with Crippen LogP contribution in [0.25, 0.3) is 0 Å². The lowest BCUT2D eigenvalue weighted by Crippen LogP contribution is -2.53. The number of benzene rings is 3. The minimum Gasteiger partial charge on any atom is -0.290 e. The Labute approximate surface area is 218 Å². The van der Waals surface area contributed by atoms with Gasteiger partial charge in [-0.1, -0.05) is 54.1 Å². The van der Waals surface area contributed by atoms with E-state index in [-0.39, 0.29) is 30.3 Å². The molecule has 5 nitrogen and oxygen atoms in total. The first kappa shape index (κ1) is 23.5. The molecule has 7 heteroatoms. The Morgan fingerprint density at radius 2 is 1.41 bits per heavy atom. The Morgan fingerprint density at radius 1 is 0.794 bits per heavy atom. The van der Waals surface area contributed by atoms with Crippen LogP contribution in [0.5, 0.6) is 0 Å². The van der Waals surface area contributed by atoms with Gasteiger partial charge in [-0.05, 0) is 70.1 Å². The van der Waals surface area contributed by atoms with Gasteiger partial charge in [0.2, 0.25) is 5.91 Å². The van der Waals surface area contributed by atoms with E-state index in [9.17, 15) is 9.59 Å². The number of amides is 2. The molecule has 2 heterocycles. The Kier molecular flexibility index (Phi) is 7.01. The van der Waals surface area contributed by atoms with Crippen LogP contribution in [0.2, 0.25) is 5.02 Å². The van der Waals surface area contributed by atoms with Crippen LogP contribution in [0.1, 0.15) is 23.6 Å². The van der Waals surface area contributed by atoms with Crippen molar-refractivity contribution in [2.24, 2.45) is 0 Å². The Balaban J connectivity index is 1.31. The summed E-state index contributed by atoms with van der Waals surface area (Å²) >= 11 is 8.36. The summed E-state index contributed by atoms with van der Waals surface area (Å²) in [6, 6.07) is 25.8. The van der Waals surface area contributed by atoms with Crippen LogP contribution in [0.15, 0.2) is 78.9 Å². The van der Waals surface area contributed by atoms with Crippen LogP contribution in [0.4, 0.5) is 5.69 Å². The number of hydrogen-bond acceptors (Lipinski definition) is 4.